The number of carbonyl (C=O) groups excluding carboxylic acids is 2. The third-order valence-corrected chi connectivity index (χ3v) is 4.39. The molecule has 6 heteroatoms. The van der Waals surface area contributed by atoms with E-state index >= 15 is 0 Å². The predicted octanol–water partition coefficient (Wildman–Crippen LogP) is 2.28. The summed E-state index contributed by atoms with van der Waals surface area (Å²) < 4.78 is 0. The molecular weight excluding hydrogens is 302 g/mol. The summed E-state index contributed by atoms with van der Waals surface area (Å²) >= 11 is 1.08. The summed E-state index contributed by atoms with van der Waals surface area (Å²) in [7, 11) is 0. The smallest absolute Gasteiger partial charge is 0.325 e. The fourth-order valence-corrected chi connectivity index (χ4v) is 2.88. The second kappa shape index (κ2) is 8.58. The second-order valence-corrected chi connectivity index (χ2v) is 6.37. The molecule has 0 heterocycles. The molecule has 0 aliphatic carbocycles. The Kier molecular flexibility index (Phi) is 7.11. The van der Waals surface area contributed by atoms with Crippen molar-refractivity contribution in [2.45, 2.75) is 32.7 Å². The first-order valence-electron chi connectivity index (χ1n) is 7.04. The molecule has 2 N–H and O–H groups in total. The van der Waals surface area contributed by atoms with Crippen molar-refractivity contribution >= 4 is 28.8 Å². The van der Waals surface area contributed by atoms with Gasteiger partial charge in [-0.3, -0.25) is 14.4 Å². The van der Waals surface area contributed by atoms with E-state index in [2.05, 4.69) is 5.32 Å². The normalized spacial score (nSPS) is 14.7. The molecule has 0 aromatic heterocycles. The highest BCUT2D eigenvalue weighted by Crippen LogP contribution is 2.27. The van der Waals surface area contributed by atoms with Crippen molar-refractivity contribution in [2.75, 3.05) is 5.75 Å². The quantitative estimate of drug-likeness (QED) is 0.804. The molecule has 1 amide bonds. The summed E-state index contributed by atoms with van der Waals surface area (Å²) in [6.07, 6.45) is 0. The van der Waals surface area contributed by atoms with Gasteiger partial charge in [0.1, 0.15) is 6.04 Å². The Balaban J connectivity index is 2.89. The van der Waals surface area contributed by atoms with Crippen molar-refractivity contribution in [3.05, 3.63) is 35.9 Å². The maximum atomic E-state index is 12.4. The van der Waals surface area contributed by atoms with E-state index in [1.54, 1.807) is 0 Å². The zero-order valence-electron chi connectivity index (χ0n) is 12.9. The minimum atomic E-state index is -1.08. The molecule has 0 saturated carbocycles. The van der Waals surface area contributed by atoms with Crippen molar-refractivity contribution in [2.24, 2.45) is 5.92 Å². The van der Waals surface area contributed by atoms with Crippen LogP contribution in [0.3, 0.4) is 0 Å². The lowest BCUT2D eigenvalue weighted by molar-refractivity contribution is -0.141. The van der Waals surface area contributed by atoms with Crippen LogP contribution in [0.2, 0.25) is 0 Å². The molecule has 5 nitrogen and oxygen atoms in total. The first-order valence-corrected chi connectivity index (χ1v) is 8.03. The number of rotatable bonds is 7. The van der Waals surface area contributed by atoms with Crippen LogP contribution in [0, 0.1) is 5.92 Å². The van der Waals surface area contributed by atoms with Gasteiger partial charge in [0.25, 0.3) is 0 Å². The number of benzene rings is 1. The fraction of sp³-hybridized carbons (Fsp3) is 0.438. The van der Waals surface area contributed by atoms with Crippen LogP contribution in [0.4, 0.5) is 0 Å². The molecule has 0 radical (unpaired) electrons. The Bertz CT molecular complexity index is 532. The molecule has 1 rings (SSSR count). The van der Waals surface area contributed by atoms with E-state index in [4.69, 9.17) is 5.11 Å². The molecule has 0 bridgehead atoms. The van der Waals surface area contributed by atoms with Gasteiger partial charge >= 0.3 is 5.97 Å². The molecule has 0 fully saturated rings. The molecule has 0 aliphatic rings. The van der Waals surface area contributed by atoms with Gasteiger partial charge in [-0.15, -0.1) is 0 Å². The summed E-state index contributed by atoms with van der Waals surface area (Å²) in [5.41, 5.74) is 0.981. The lowest BCUT2D eigenvalue weighted by Gasteiger charge is -2.24. The van der Waals surface area contributed by atoms with Gasteiger partial charge < -0.3 is 10.4 Å². The van der Waals surface area contributed by atoms with Crippen LogP contribution in [-0.2, 0) is 14.4 Å². The molecule has 1 aromatic carbocycles. The largest absolute Gasteiger partial charge is 0.480 e. The van der Waals surface area contributed by atoms with Gasteiger partial charge in [-0.1, -0.05) is 49.0 Å². The van der Waals surface area contributed by atoms with Gasteiger partial charge in [0.15, 0.2) is 5.12 Å². The molecule has 120 valence electrons. The van der Waals surface area contributed by atoms with Crippen LogP contribution >= 0.6 is 11.8 Å². The Morgan fingerprint density at radius 2 is 1.77 bits per heavy atom. The van der Waals surface area contributed by atoms with Crippen LogP contribution < -0.4 is 5.32 Å². The highest BCUT2D eigenvalue weighted by atomic mass is 32.2. The average Bonchev–Trinajstić information content (AvgIpc) is 2.47. The Labute approximate surface area is 134 Å². The highest BCUT2D eigenvalue weighted by Gasteiger charge is 2.28. The van der Waals surface area contributed by atoms with Crippen molar-refractivity contribution < 1.29 is 19.5 Å². The Hall–Kier alpha value is -1.82. The number of amides is 1. The molecule has 22 heavy (non-hydrogen) atoms. The van der Waals surface area contributed by atoms with Crippen molar-refractivity contribution in [1.82, 2.24) is 5.32 Å². The SMILES string of the molecule is CC(=O)SCC(C(=O)N[C@@H](C)C(=O)O)C(C)c1ccccc1. The summed E-state index contributed by atoms with van der Waals surface area (Å²) in [4.78, 5) is 34.5. The minimum Gasteiger partial charge on any atom is -0.480 e. The third-order valence-electron chi connectivity index (χ3n) is 3.46. The summed E-state index contributed by atoms with van der Waals surface area (Å²) in [6, 6.07) is 8.55. The van der Waals surface area contributed by atoms with Crippen LogP contribution in [0.5, 0.6) is 0 Å². The molecule has 3 atom stereocenters. The van der Waals surface area contributed by atoms with E-state index in [1.165, 1.54) is 13.8 Å². The summed E-state index contributed by atoms with van der Waals surface area (Å²) in [6.45, 7) is 4.78. The Morgan fingerprint density at radius 3 is 2.27 bits per heavy atom. The average molecular weight is 323 g/mol. The molecular formula is C16H21NO4S. The lowest BCUT2D eigenvalue weighted by Crippen LogP contribution is -2.43. The van der Waals surface area contributed by atoms with E-state index < -0.39 is 17.9 Å². The van der Waals surface area contributed by atoms with Gasteiger partial charge in [-0.25, -0.2) is 0 Å². The number of carboxylic acid groups (broad SMARTS) is 1. The van der Waals surface area contributed by atoms with Gasteiger partial charge in [0.2, 0.25) is 5.91 Å². The highest BCUT2D eigenvalue weighted by molar-refractivity contribution is 8.13. The lowest BCUT2D eigenvalue weighted by atomic mass is 9.88. The maximum Gasteiger partial charge on any atom is 0.325 e. The fourth-order valence-electron chi connectivity index (χ4n) is 2.03. The number of carbonyl (C=O) groups is 3. The van der Waals surface area contributed by atoms with Crippen molar-refractivity contribution in [3.8, 4) is 0 Å². The number of thioether (sulfide) groups is 1. The third kappa shape index (κ3) is 5.52. The number of hydrogen-bond donors (Lipinski definition) is 2. The zero-order chi connectivity index (χ0) is 16.7. The van der Waals surface area contributed by atoms with Gasteiger partial charge in [0.05, 0.1) is 5.92 Å². The number of aliphatic carboxylic acids is 1. The number of nitrogens with one attached hydrogen (secondary N) is 1. The number of hydrogen-bond acceptors (Lipinski definition) is 4. The molecule has 0 saturated heterocycles. The van der Waals surface area contributed by atoms with E-state index in [0.29, 0.717) is 5.75 Å². The summed E-state index contributed by atoms with van der Waals surface area (Å²) in [5, 5.41) is 11.3. The van der Waals surface area contributed by atoms with E-state index in [0.717, 1.165) is 17.3 Å². The second-order valence-electron chi connectivity index (χ2n) is 5.18. The van der Waals surface area contributed by atoms with Gasteiger partial charge in [0, 0.05) is 12.7 Å². The standard InChI is InChI=1S/C16H21NO4S/c1-10(13-7-5-4-6-8-13)14(9-22-12(3)18)15(19)17-11(2)16(20)21/h4-8,10-11,14H,9H2,1-3H3,(H,17,19)(H,20,21)/t10?,11-,14?/m0/s1. The Morgan fingerprint density at radius 1 is 1.18 bits per heavy atom. The van der Waals surface area contributed by atoms with Crippen molar-refractivity contribution in [3.63, 3.8) is 0 Å². The maximum absolute atomic E-state index is 12.4. The van der Waals surface area contributed by atoms with E-state index in [-0.39, 0.29) is 16.9 Å². The molecule has 0 aliphatic heterocycles. The van der Waals surface area contributed by atoms with E-state index in [1.807, 2.05) is 37.3 Å². The van der Waals surface area contributed by atoms with Crippen LogP contribution in [-0.4, -0.2) is 33.9 Å². The predicted molar refractivity (Wildman–Crippen MR) is 86.7 cm³/mol. The molecule has 1 aromatic rings. The number of carboxylic acids is 1. The van der Waals surface area contributed by atoms with Crippen LogP contribution in [0.1, 0.15) is 32.3 Å². The van der Waals surface area contributed by atoms with Crippen LogP contribution in [0.15, 0.2) is 30.3 Å². The monoisotopic (exact) mass is 323 g/mol. The topological polar surface area (TPSA) is 83.5 Å². The van der Waals surface area contributed by atoms with Gasteiger partial charge in [-0.2, -0.15) is 0 Å². The summed E-state index contributed by atoms with van der Waals surface area (Å²) in [5.74, 6) is -1.70. The van der Waals surface area contributed by atoms with Gasteiger partial charge in [-0.05, 0) is 18.4 Å². The first kappa shape index (κ1) is 18.2. The zero-order valence-corrected chi connectivity index (χ0v) is 13.7. The minimum absolute atomic E-state index is 0.0654. The van der Waals surface area contributed by atoms with Crippen molar-refractivity contribution in [1.29, 1.82) is 0 Å². The molecule has 0 spiro atoms. The molecule has 2 unspecified atom stereocenters. The first-order chi connectivity index (χ1) is 10.3. The van der Waals surface area contributed by atoms with Crippen LogP contribution in [0.25, 0.3) is 0 Å². The van der Waals surface area contributed by atoms with E-state index in [9.17, 15) is 14.4 Å².